The molecule has 4 rings (SSSR count). The normalized spacial score (nSPS) is 14.0. The van der Waals surface area contributed by atoms with E-state index in [0.29, 0.717) is 0 Å². The number of nitrogens with one attached hydrogen (secondary N) is 3. The highest BCUT2D eigenvalue weighted by Crippen LogP contribution is 2.20. The van der Waals surface area contributed by atoms with E-state index < -0.39 is 0 Å². The molecule has 0 spiro atoms. The SMILES string of the molecule is CN=C(NCCc1c[nH]c2cc(C)ccc12)NCc1ccc(N2CC=CC2)cc1. The summed E-state index contributed by atoms with van der Waals surface area (Å²) in [5, 5.41) is 8.12. The number of nitrogens with zero attached hydrogens (tertiary/aromatic N) is 2. The number of fused-ring (bicyclic) bond motifs is 1. The molecule has 2 heterocycles. The first-order valence-corrected chi connectivity index (χ1v) is 10.2. The highest BCUT2D eigenvalue weighted by molar-refractivity contribution is 5.84. The van der Waals surface area contributed by atoms with E-state index in [4.69, 9.17) is 0 Å². The first-order chi connectivity index (χ1) is 14.2. The van der Waals surface area contributed by atoms with E-state index in [1.54, 1.807) is 0 Å². The average Bonchev–Trinajstić information content (AvgIpc) is 3.41. The third kappa shape index (κ3) is 4.62. The molecule has 0 aliphatic carbocycles. The van der Waals surface area contributed by atoms with Gasteiger partial charge >= 0.3 is 0 Å². The molecule has 3 N–H and O–H groups in total. The summed E-state index contributed by atoms with van der Waals surface area (Å²) in [6, 6.07) is 15.3. The van der Waals surface area contributed by atoms with Gasteiger partial charge in [-0.3, -0.25) is 4.99 Å². The van der Waals surface area contributed by atoms with Gasteiger partial charge in [0.1, 0.15) is 0 Å². The zero-order chi connectivity index (χ0) is 20.1. The van der Waals surface area contributed by atoms with Crippen LogP contribution in [0.25, 0.3) is 10.9 Å². The molecule has 5 nitrogen and oxygen atoms in total. The molecular weight excluding hydrogens is 358 g/mol. The van der Waals surface area contributed by atoms with Crippen LogP contribution in [0.4, 0.5) is 5.69 Å². The van der Waals surface area contributed by atoms with Crippen molar-refractivity contribution in [3.05, 3.63) is 77.5 Å². The standard InChI is InChI=1S/C24H29N5/c1-18-5-10-22-20(17-27-23(22)15-18)11-12-26-24(25-2)28-16-19-6-8-21(9-7-19)29-13-3-4-14-29/h3-10,15,17,27H,11-14,16H2,1-2H3,(H2,25,26,28). The molecule has 1 aromatic heterocycles. The Morgan fingerprint density at radius 2 is 1.86 bits per heavy atom. The van der Waals surface area contributed by atoms with Crippen LogP contribution in [0.15, 0.2) is 65.8 Å². The maximum absolute atomic E-state index is 4.35. The van der Waals surface area contributed by atoms with Crippen molar-refractivity contribution in [1.29, 1.82) is 0 Å². The van der Waals surface area contributed by atoms with Crippen LogP contribution in [-0.4, -0.2) is 37.6 Å². The lowest BCUT2D eigenvalue weighted by molar-refractivity contribution is 0.796. The van der Waals surface area contributed by atoms with Crippen molar-refractivity contribution in [2.45, 2.75) is 19.9 Å². The molecule has 29 heavy (non-hydrogen) atoms. The van der Waals surface area contributed by atoms with E-state index in [2.05, 4.69) is 93.2 Å². The Hall–Kier alpha value is -3.21. The molecule has 1 aliphatic heterocycles. The van der Waals surface area contributed by atoms with Gasteiger partial charge in [0.2, 0.25) is 0 Å². The number of aryl methyl sites for hydroxylation is 1. The quantitative estimate of drug-likeness (QED) is 0.343. The second kappa shape index (κ2) is 8.86. The molecule has 150 valence electrons. The van der Waals surface area contributed by atoms with Crippen molar-refractivity contribution in [3.8, 4) is 0 Å². The molecule has 0 unspecified atom stereocenters. The van der Waals surface area contributed by atoms with Crippen LogP contribution in [0.3, 0.4) is 0 Å². The Balaban J connectivity index is 1.26. The van der Waals surface area contributed by atoms with E-state index in [9.17, 15) is 0 Å². The Labute approximate surface area is 172 Å². The lowest BCUT2D eigenvalue weighted by atomic mass is 10.1. The summed E-state index contributed by atoms with van der Waals surface area (Å²) in [5.41, 5.74) is 6.33. The minimum Gasteiger partial charge on any atom is -0.364 e. The first-order valence-electron chi connectivity index (χ1n) is 10.2. The van der Waals surface area contributed by atoms with Crippen LogP contribution in [0.5, 0.6) is 0 Å². The van der Waals surface area contributed by atoms with Crippen LogP contribution < -0.4 is 15.5 Å². The highest BCUT2D eigenvalue weighted by Gasteiger charge is 2.07. The predicted octanol–water partition coefficient (Wildman–Crippen LogP) is 3.76. The number of hydrogen-bond acceptors (Lipinski definition) is 2. The summed E-state index contributed by atoms with van der Waals surface area (Å²) in [6.07, 6.45) is 7.48. The molecular formula is C24H29N5. The van der Waals surface area contributed by atoms with Gasteiger partial charge in [-0.05, 0) is 48.2 Å². The van der Waals surface area contributed by atoms with Crippen LogP contribution >= 0.6 is 0 Å². The molecule has 0 radical (unpaired) electrons. The second-order valence-corrected chi connectivity index (χ2v) is 7.51. The maximum atomic E-state index is 4.35. The molecule has 0 fully saturated rings. The van der Waals surface area contributed by atoms with Crippen molar-refractivity contribution >= 4 is 22.5 Å². The average molecular weight is 388 g/mol. The second-order valence-electron chi connectivity index (χ2n) is 7.51. The minimum atomic E-state index is 0.755. The number of benzene rings is 2. The fourth-order valence-electron chi connectivity index (χ4n) is 3.74. The number of aromatic nitrogens is 1. The summed E-state index contributed by atoms with van der Waals surface area (Å²) < 4.78 is 0. The van der Waals surface area contributed by atoms with Gasteiger partial charge in [0, 0.05) is 56.0 Å². The van der Waals surface area contributed by atoms with Gasteiger partial charge in [-0.25, -0.2) is 0 Å². The number of aromatic amines is 1. The summed E-state index contributed by atoms with van der Waals surface area (Å²) in [5.74, 6) is 0.827. The molecule has 0 amide bonds. The summed E-state index contributed by atoms with van der Waals surface area (Å²) >= 11 is 0. The van der Waals surface area contributed by atoms with Gasteiger partial charge in [0.25, 0.3) is 0 Å². The van der Waals surface area contributed by atoms with E-state index >= 15 is 0 Å². The van der Waals surface area contributed by atoms with E-state index in [1.165, 1.54) is 33.3 Å². The first kappa shape index (κ1) is 19.1. The fraction of sp³-hybridized carbons (Fsp3) is 0.292. The number of rotatable bonds is 6. The number of anilines is 1. The smallest absolute Gasteiger partial charge is 0.191 e. The van der Waals surface area contributed by atoms with Gasteiger partial charge in [-0.1, -0.05) is 36.4 Å². The Bertz CT molecular complexity index is 1010. The van der Waals surface area contributed by atoms with Crippen molar-refractivity contribution in [2.24, 2.45) is 4.99 Å². The molecule has 1 aliphatic rings. The number of guanidine groups is 1. The number of H-pyrrole nitrogens is 1. The lowest BCUT2D eigenvalue weighted by Gasteiger charge is -2.18. The minimum absolute atomic E-state index is 0.755. The third-order valence-corrected chi connectivity index (χ3v) is 5.41. The predicted molar refractivity (Wildman–Crippen MR) is 123 cm³/mol. The largest absolute Gasteiger partial charge is 0.364 e. The molecule has 0 saturated heterocycles. The number of aliphatic imine (C=N–C) groups is 1. The molecule has 0 bridgehead atoms. The summed E-state index contributed by atoms with van der Waals surface area (Å²) in [7, 11) is 1.81. The van der Waals surface area contributed by atoms with E-state index in [0.717, 1.165) is 38.6 Å². The van der Waals surface area contributed by atoms with Crippen molar-refractivity contribution in [1.82, 2.24) is 15.6 Å². The molecule has 5 heteroatoms. The van der Waals surface area contributed by atoms with Crippen LogP contribution in [0.1, 0.15) is 16.7 Å². The van der Waals surface area contributed by atoms with Crippen molar-refractivity contribution in [3.63, 3.8) is 0 Å². The van der Waals surface area contributed by atoms with Crippen molar-refractivity contribution in [2.75, 3.05) is 31.6 Å². The maximum Gasteiger partial charge on any atom is 0.191 e. The van der Waals surface area contributed by atoms with Gasteiger partial charge in [0.15, 0.2) is 5.96 Å². The molecule has 0 saturated carbocycles. The highest BCUT2D eigenvalue weighted by atomic mass is 15.2. The van der Waals surface area contributed by atoms with E-state index in [1.807, 2.05) is 7.05 Å². The Kier molecular flexibility index (Phi) is 5.84. The van der Waals surface area contributed by atoms with E-state index in [-0.39, 0.29) is 0 Å². The van der Waals surface area contributed by atoms with Gasteiger partial charge in [-0.15, -0.1) is 0 Å². The topological polar surface area (TPSA) is 55.5 Å². The van der Waals surface area contributed by atoms with Gasteiger partial charge in [-0.2, -0.15) is 0 Å². The lowest BCUT2D eigenvalue weighted by Crippen LogP contribution is -2.37. The Morgan fingerprint density at radius 1 is 1.07 bits per heavy atom. The van der Waals surface area contributed by atoms with Crippen LogP contribution in [0.2, 0.25) is 0 Å². The molecule has 3 aromatic rings. The molecule has 2 aromatic carbocycles. The Morgan fingerprint density at radius 3 is 2.62 bits per heavy atom. The number of hydrogen-bond donors (Lipinski definition) is 3. The van der Waals surface area contributed by atoms with Crippen LogP contribution in [-0.2, 0) is 13.0 Å². The molecule has 0 atom stereocenters. The third-order valence-electron chi connectivity index (χ3n) is 5.41. The zero-order valence-electron chi connectivity index (χ0n) is 17.2. The van der Waals surface area contributed by atoms with Gasteiger partial charge in [0.05, 0.1) is 0 Å². The fourth-order valence-corrected chi connectivity index (χ4v) is 3.74. The summed E-state index contributed by atoms with van der Waals surface area (Å²) in [6.45, 7) is 5.72. The van der Waals surface area contributed by atoms with Crippen LogP contribution in [0, 0.1) is 6.92 Å². The van der Waals surface area contributed by atoms with Gasteiger partial charge < -0.3 is 20.5 Å². The van der Waals surface area contributed by atoms with Crippen molar-refractivity contribution < 1.29 is 0 Å². The monoisotopic (exact) mass is 387 g/mol. The summed E-state index contributed by atoms with van der Waals surface area (Å²) in [4.78, 5) is 10.1. The zero-order valence-corrected chi connectivity index (χ0v) is 17.2.